The van der Waals surface area contributed by atoms with E-state index in [4.69, 9.17) is 11.6 Å². The molecule has 5 heteroatoms. The zero-order chi connectivity index (χ0) is 13.1. The highest BCUT2D eigenvalue weighted by Crippen LogP contribution is 2.25. The van der Waals surface area contributed by atoms with Crippen molar-refractivity contribution in [3.8, 4) is 0 Å². The molecule has 2 rings (SSSR count). The quantitative estimate of drug-likeness (QED) is 0.879. The SMILES string of the molecule is Cc1ccc(NC(=O)[C@H]2CCN[C@@H](C)C2)c(Cl)c1.Cl. The van der Waals surface area contributed by atoms with Gasteiger partial charge in [-0.2, -0.15) is 0 Å². The Morgan fingerprint density at radius 2 is 2.21 bits per heavy atom. The second kappa shape index (κ2) is 7.13. The number of rotatable bonds is 2. The number of hydrogen-bond acceptors (Lipinski definition) is 2. The van der Waals surface area contributed by atoms with Gasteiger partial charge >= 0.3 is 0 Å². The van der Waals surface area contributed by atoms with Gasteiger partial charge in [-0.05, 0) is 50.9 Å². The molecule has 1 aromatic rings. The Morgan fingerprint density at radius 1 is 1.47 bits per heavy atom. The maximum absolute atomic E-state index is 12.2. The summed E-state index contributed by atoms with van der Waals surface area (Å²) in [5.41, 5.74) is 1.80. The molecule has 1 heterocycles. The molecule has 0 aromatic heterocycles. The number of nitrogens with one attached hydrogen (secondary N) is 2. The Balaban J connectivity index is 0.00000180. The molecule has 1 amide bonds. The van der Waals surface area contributed by atoms with Gasteiger partial charge in [-0.15, -0.1) is 12.4 Å². The first-order valence-corrected chi connectivity index (χ1v) is 6.74. The first kappa shape index (κ1) is 16.3. The Kier molecular flexibility index (Phi) is 6.11. The molecule has 2 N–H and O–H groups in total. The molecule has 0 bridgehead atoms. The summed E-state index contributed by atoms with van der Waals surface area (Å²) in [6.07, 6.45) is 1.77. The van der Waals surface area contributed by atoms with Crippen molar-refractivity contribution in [3.05, 3.63) is 28.8 Å². The maximum Gasteiger partial charge on any atom is 0.227 e. The van der Waals surface area contributed by atoms with Crippen LogP contribution in [0.1, 0.15) is 25.3 Å². The average Bonchev–Trinajstić information content (AvgIpc) is 2.32. The number of carbonyl (C=O) groups excluding carboxylic acids is 1. The number of carbonyl (C=O) groups is 1. The number of hydrogen-bond donors (Lipinski definition) is 2. The van der Waals surface area contributed by atoms with Crippen LogP contribution in [-0.2, 0) is 4.79 Å². The molecule has 1 aliphatic rings. The van der Waals surface area contributed by atoms with Crippen LogP contribution in [0.2, 0.25) is 5.02 Å². The van der Waals surface area contributed by atoms with Crippen molar-refractivity contribution in [1.82, 2.24) is 5.32 Å². The van der Waals surface area contributed by atoms with E-state index >= 15 is 0 Å². The zero-order valence-corrected chi connectivity index (χ0v) is 12.8. The summed E-state index contributed by atoms with van der Waals surface area (Å²) < 4.78 is 0. The van der Waals surface area contributed by atoms with Crippen molar-refractivity contribution in [1.29, 1.82) is 0 Å². The van der Waals surface area contributed by atoms with Crippen LogP contribution in [0.5, 0.6) is 0 Å². The van der Waals surface area contributed by atoms with E-state index in [1.54, 1.807) is 0 Å². The number of amides is 1. The number of aryl methyl sites for hydroxylation is 1. The molecule has 1 aliphatic heterocycles. The molecule has 0 aliphatic carbocycles. The van der Waals surface area contributed by atoms with E-state index in [2.05, 4.69) is 17.6 Å². The van der Waals surface area contributed by atoms with E-state index in [0.29, 0.717) is 16.8 Å². The minimum absolute atomic E-state index is 0. The normalized spacial score (nSPS) is 22.5. The van der Waals surface area contributed by atoms with Crippen molar-refractivity contribution < 1.29 is 4.79 Å². The van der Waals surface area contributed by atoms with Gasteiger partial charge in [0, 0.05) is 12.0 Å². The molecule has 0 unspecified atom stereocenters. The summed E-state index contributed by atoms with van der Waals surface area (Å²) in [7, 11) is 0. The third kappa shape index (κ3) is 4.37. The van der Waals surface area contributed by atoms with Crippen LogP contribution in [0.15, 0.2) is 18.2 Å². The molecular formula is C14H20Cl2N2O. The van der Waals surface area contributed by atoms with E-state index in [1.165, 1.54) is 0 Å². The molecule has 0 spiro atoms. The van der Waals surface area contributed by atoms with Crippen molar-refractivity contribution in [2.45, 2.75) is 32.7 Å². The minimum Gasteiger partial charge on any atom is -0.325 e. The highest BCUT2D eigenvalue weighted by Gasteiger charge is 2.24. The summed E-state index contributed by atoms with van der Waals surface area (Å²) in [5, 5.41) is 6.87. The lowest BCUT2D eigenvalue weighted by Crippen LogP contribution is -2.40. The van der Waals surface area contributed by atoms with Crippen LogP contribution in [0.25, 0.3) is 0 Å². The highest BCUT2D eigenvalue weighted by atomic mass is 35.5. The van der Waals surface area contributed by atoms with Gasteiger partial charge in [0.25, 0.3) is 0 Å². The Hall–Kier alpha value is -0.770. The van der Waals surface area contributed by atoms with Crippen LogP contribution < -0.4 is 10.6 Å². The first-order valence-electron chi connectivity index (χ1n) is 6.36. The smallest absolute Gasteiger partial charge is 0.227 e. The molecular weight excluding hydrogens is 283 g/mol. The third-order valence-corrected chi connectivity index (χ3v) is 3.69. The van der Waals surface area contributed by atoms with Crippen LogP contribution in [-0.4, -0.2) is 18.5 Å². The summed E-state index contributed by atoms with van der Waals surface area (Å²) in [4.78, 5) is 12.2. The number of anilines is 1. The third-order valence-electron chi connectivity index (χ3n) is 3.38. The van der Waals surface area contributed by atoms with E-state index in [-0.39, 0.29) is 24.2 Å². The maximum atomic E-state index is 12.2. The van der Waals surface area contributed by atoms with Gasteiger partial charge in [-0.25, -0.2) is 0 Å². The highest BCUT2D eigenvalue weighted by molar-refractivity contribution is 6.33. The topological polar surface area (TPSA) is 41.1 Å². The van der Waals surface area contributed by atoms with E-state index < -0.39 is 0 Å². The molecule has 106 valence electrons. The van der Waals surface area contributed by atoms with Gasteiger partial charge in [-0.3, -0.25) is 4.79 Å². The number of piperidine rings is 1. The molecule has 2 atom stereocenters. The van der Waals surface area contributed by atoms with Gasteiger partial charge in [0.15, 0.2) is 0 Å². The fourth-order valence-electron chi connectivity index (χ4n) is 2.33. The molecule has 3 nitrogen and oxygen atoms in total. The standard InChI is InChI=1S/C14H19ClN2O.ClH/c1-9-3-4-13(12(15)7-9)17-14(18)11-5-6-16-10(2)8-11;/h3-4,7,10-11,16H,5-6,8H2,1-2H3,(H,17,18);1H/t10-,11-;/m0./s1. The van der Waals surface area contributed by atoms with Crippen LogP contribution in [0.4, 0.5) is 5.69 Å². The molecule has 1 saturated heterocycles. The van der Waals surface area contributed by atoms with E-state index in [1.807, 2.05) is 25.1 Å². The van der Waals surface area contributed by atoms with Gasteiger partial charge in [0.1, 0.15) is 0 Å². The van der Waals surface area contributed by atoms with E-state index in [0.717, 1.165) is 24.9 Å². The van der Waals surface area contributed by atoms with Gasteiger partial charge < -0.3 is 10.6 Å². The number of benzene rings is 1. The van der Waals surface area contributed by atoms with Gasteiger partial charge in [-0.1, -0.05) is 17.7 Å². The second-order valence-corrected chi connectivity index (χ2v) is 5.46. The fourth-order valence-corrected chi connectivity index (χ4v) is 2.61. The monoisotopic (exact) mass is 302 g/mol. The van der Waals surface area contributed by atoms with Crippen LogP contribution in [0.3, 0.4) is 0 Å². The Morgan fingerprint density at radius 3 is 2.84 bits per heavy atom. The summed E-state index contributed by atoms with van der Waals surface area (Å²) >= 11 is 6.11. The Labute approximate surface area is 125 Å². The zero-order valence-electron chi connectivity index (χ0n) is 11.2. The molecule has 19 heavy (non-hydrogen) atoms. The molecule has 1 fully saturated rings. The average molecular weight is 303 g/mol. The lowest BCUT2D eigenvalue weighted by molar-refractivity contribution is -0.120. The lowest BCUT2D eigenvalue weighted by Gasteiger charge is -2.27. The largest absolute Gasteiger partial charge is 0.325 e. The van der Waals surface area contributed by atoms with Crippen LogP contribution >= 0.6 is 24.0 Å². The summed E-state index contributed by atoms with van der Waals surface area (Å²) in [6, 6.07) is 6.08. The molecule has 0 saturated carbocycles. The van der Waals surface area contributed by atoms with Crippen molar-refractivity contribution in [3.63, 3.8) is 0 Å². The first-order chi connectivity index (χ1) is 8.56. The summed E-state index contributed by atoms with van der Waals surface area (Å²) in [5.74, 6) is 0.160. The predicted octanol–water partition coefficient (Wildman–Crippen LogP) is 3.40. The molecule has 1 aromatic carbocycles. The van der Waals surface area contributed by atoms with Gasteiger partial charge in [0.2, 0.25) is 5.91 Å². The molecule has 0 radical (unpaired) electrons. The van der Waals surface area contributed by atoms with Crippen molar-refractivity contribution >= 4 is 35.6 Å². The summed E-state index contributed by atoms with van der Waals surface area (Å²) in [6.45, 7) is 4.99. The van der Waals surface area contributed by atoms with Crippen molar-refractivity contribution in [2.75, 3.05) is 11.9 Å². The van der Waals surface area contributed by atoms with Crippen molar-refractivity contribution in [2.24, 2.45) is 5.92 Å². The van der Waals surface area contributed by atoms with Gasteiger partial charge in [0.05, 0.1) is 10.7 Å². The predicted molar refractivity (Wildman–Crippen MR) is 82.3 cm³/mol. The van der Waals surface area contributed by atoms with Crippen LogP contribution in [0, 0.1) is 12.8 Å². The minimum atomic E-state index is 0. The fraction of sp³-hybridized carbons (Fsp3) is 0.500. The second-order valence-electron chi connectivity index (χ2n) is 5.05. The lowest BCUT2D eigenvalue weighted by atomic mass is 9.92. The van der Waals surface area contributed by atoms with E-state index in [9.17, 15) is 4.79 Å². The Bertz CT molecular complexity index is 451. The number of halogens is 2.